The molecule has 0 radical (unpaired) electrons. The number of terminal acetylenes is 1. The normalized spacial score (nSPS) is 13.6. The summed E-state index contributed by atoms with van der Waals surface area (Å²) in [5.41, 5.74) is 1.04. The Balaban J connectivity index is 2.65. The lowest BCUT2D eigenvalue weighted by atomic mass is 10.1. The van der Waals surface area contributed by atoms with E-state index in [0.717, 1.165) is 15.8 Å². The third kappa shape index (κ3) is 6.11. The van der Waals surface area contributed by atoms with E-state index in [4.69, 9.17) is 11.2 Å². The number of hydrogen-bond acceptors (Lipinski definition) is 3. The van der Waals surface area contributed by atoms with Gasteiger partial charge in [-0.05, 0) is 38.5 Å². The fourth-order valence-electron chi connectivity index (χ4n) is 1.83. The van der Waals surface area contributed by atoms with Crippen molar-refractivity contribution in [3.05, 3.63) is 28.2 Å². The first kappa shape index (κ1) is 16.0. The van der Waals surface area contributed by atoms with Crippen molar-refractivity contribution < 1.29 is 9.84 Å². The van der Waals surface area contributed by atoms with E-state index in [1.807, 2.05) is 25.1 Å². The Kier molecular flexibility index (Phi) is 6.93. The molecule has 1 aromatic rings. The molecule has 0 saturated heterocycles. The van der Waals surface area contributed by atoms with E-state index in [1.54, 1.807) is 6.92 Å². The van der Waals surface area contributed by atoms with Crippen LogP contribution in [0.15, 0.2) is 22.7 Å². The summed E-state index contributed by atoms with van der Waals surface area (Å²) >= 11 is 3.45. The van der Waals surface area contributed by atoms with Crippen molar-refractivity contribution in [2.24, 2.45) is 0 Å². The van der Waals surface area contributed by atoms with Gasteiger partial charge in [0.15, 0.2) is 0 Å². The summed E-state index contributed by atoms with van der Waals surface area (Å²) in [5, 5.41) is 12.7. The Hall–Kier alpha value is -1.02. The van der Waals surface area contributed by atoms with Gasteiger partial charge in [0, 0.05) is 22.6 Å². The van der Waals surface area contributed by atoms with Crippen LogP contribution >= 0.6 is 15.9 Å². The third-order valence-corrected chi connectivity index (χ3v) is 3.16. The highest BCUT2D eigenvalue weighted by atomic mass is 79.9. The van der Waals surface area contributed by atoms with Crippen molar-refractivity contribution in [2.75, 3.05) is 6.61 Å². The van der Waals surface area contributed by atoms with Gasteiger partial charge in [-0.3, -0.25) is 0 Å². The molecule has 2 unspecified atom stereocenters. The number of ether oxygens (including phenoxy) is 1. The lowest BCUT2D eigenvalue weighted by Gasteiger charge is -2.17. The summed E-state index contributed by atoms with van der Waals surface area (Å²) in [4.78, 5) is 0. The van der Waals surface area contributed by atoms with Gasteiger partial charge in [0.25, 0.3) is 0 Å². The molecule has 0 bridgehead atoms. The largest absolute Gasteiger partial charge is 0.481 e. The molecule has 2 atom stereocenters. The maximum atomic E-state index is 9.34. The van der Waals surface area contributed by atoms with Crippen LogP contribution < -0.4 is 10.1 Å². The minimum absolute atomic E-state index is 0.236. The number of aliphatic hydroxyl groups is 1. The molecule has 0 heterocycles. The fourth-order valence-corrected chi connectivity index (χ4v) is 2.23. The third-order valence-electron chi connectivity index (χ3n) is 2.67. The van der Waals surface area contributed by atoms with Crippen LogP contribution in [0.2, 0.25) is 0 Å². The number of aliphatic hydroxyl groups excluding tert-OH is 1. The van der Waals surface area contributed by atoms with Crippen molar-refractivity contribution in [3.63, 3.8) is 0 Å². The van der Waals surface area contributed by atoms with Crippen LogP contribution in [-0.4, -0.2) is 23.9 Å². The predicted octanol–water partition coefficient (Wildman–Crippen LogP) is 2.71. The number of hydrogen-bond donors (Lipinski definition) is 2. The lowest BCUT2D eigenvalue weighted by Crippen LogP contribution is -2.28. The highest BCUT2D eigenvalue weighted by Crippen LogP contribution is 2.23. The Morgan fingerprint density at radius 1 is 1.47 bits per heavy atom. The van der Waals surface area contributed by atoms with Gasteiger partial charge < -0.3 is 15.2 Å². The van der Waals surface area contributed by atoms with Crippen LogP contribution in [0.1, 0.15) is 25.8 Å². The molecule has 1 aromatic carbocycles. The van der Waals surface area contributed by atoms with E-state index in [2.05, 4.69) is 27.2 Å². The fraction of sp³-hybridized carbons (Fsp3) is 0.467. The van der Waals surface area contributed by atoms with Crippen molar-refractivity contribution in [1.82, 2.24) is 5.32 Å². The van der Waals surface area contributed by atoms with E-state index in [0.29, 0.717) is 13.0 Å². The molecule has 1 rings (SSSR count). The molecular weight excluding hydrogens is 306 g/mol. The zero-order valence-electron chi connectivity index (χ0n) is 11.3. The molecule has 104 valence electrons. The molecule has 3 nitrogen and oxygen atoms in total. The summed E-state index contributed by atoms with van der Waals surface area (Å²) in [6.45, 7) is 4.77. The molecule has 0 amide bonds. The van der Waals surface area contributed by atoms with Gasteiger partial charge in [-0.25, -0.2) is 0 Å². The van der Waals surface area contributed by atoms with Gasteiger partial charge in [0.2, 0.25) is 0 Å². The summed E-state index contributed by atoms with van der Waals surface area (Å²) in [6.07, 6.45) is 5.62. The highest BCUT2D eigenvalue weighted by Gasteiger charge is 2.08. The smallest absolute Gasteiger partial charge is 0.148 e. The molecule has 0 fully saturated rings. The van der Waals surface area contributed by atoms with E-state index in [-0.39, 0.29) is 18.8 Å². The van der Waals surface area contributed by atoms with Gasteiger partial charge >= 0.3 is 0 Å². The first-order chi connectivity index (χ1) is 9.02. The SMILES string of the molecule is C#CCOc1ccc(Br)cc1CNC(C)CC(C)O. The molecule has 19 heavy (non-hydrogen) atoms. The molecule has 0 aliphatic carbocycles. The maximum absolute atomic E-state index is 9.34. The molecule has 0 aliphatic rings. The monoisotopic (exact) mass is 325 g/mol. The van der Waals surface area contributed by atoms with Gasteiger partial charge in [0.05, 0.1) is 6.10 Å². The van der Waals surface area contributed by atoms with Crippen molar-refractivity contribution in [1.29, 1.82) is 0 Å². The molecular formula is C15H20BrNO2. The van der Waals surface area contributed by atoms with Crippen molar-refractivity contribution >= 4 is 15.9 Å². The van der Waals surface area contributed by atoms with Crippen molar-refractivity contribution in [3.8, 4) is 18.1 Å². The summed E-state index contributed by atoms with van der Waals surface area (Å²) in [7, 11) is 0. The Labute approximate surface area is 123 Å². The molecule has 2 N–H and O–H groups in total. The van der Waals surface area contributed by atoms with Gasteiger partial charge in [-0.15, -0.1) is 6.42 Å². The number of halogens is 1. The van der Waals surface area contributed by atoms with Crippen molar-refractivity contribution in [2.45, 2.75) is 39.0 Å². The summed E-state index contributed by atoms with van der Waals surface area (Å²) in [6, 6.07) is 6.07. The Bertz CT molecular complexity index is 440. The summed E-state index contributed by atoms with van der Waals surface area (Å²) < 4.78 is 6.51. The number of nitrogens with one attached hydrogen (secondary N) is 1. The zero-order valence-corrected chi connectivity index (χ0v) is 12.9. The van der Waals surface area contributed by atoms with Crippen LogP contribution in [0.3, 0.4) is 0 Å². The minimum atomic E-state index is -0.304. The second-order valence-corrected chi connectivity index (χ2v) is 5.53. The first-order valence-electron chi connectivity index (χ1n) is 6.29. The molecule has 0 aromatic heterocycles. The molecule has 0 aliphatic heterocycles. The zero-order chi connectivity index (χ0) is 14.3. The summed E-state index contributed by atoms with van der Waals surface area (Å²) in [5.74, 6) is 3.25. The van der Waals surface area contributed by atoms with E-state index in [1.165, 1.54) is 0 Å². The van der Waals surface area contributed by atoms with Crippen LogP contribution in [0.4, 0.5) is 0 Å². The van der Waals surface area contributed by atoms with Crippen LogP contribution in [0.5, 0.6) is 5.75 Å². The van der Waals surface area contributed by atoms with Gasteiger partial charge in [-0.2, -0.15) is 0 Å². The van der Waals surface area contributed by atoms with Gasteiger partial charge in [-0.1, -0.05) is 21.9 Å². The van der Waals surface area contributed by atoms with Crippen LogP contribution in [0, 0.1) is 12.3 Å². The second-order valence-electron chi connectivity index (χ2n) is 4.61. The molecule has 0 saturated carbocycles. The minimum Gasteiger partial charge on any atom is -0.481 e. The van der Waals surface area contributed by atoms with E-state index < -0.39 is 0 Å². The topological polar surface area (TPSA) is 41.5 Å². The first-order valence-corrected chi connectivity index (χ1v) is 7.08. The van der Waals surface area contributed by atoms with Crippen LogP contribution in [0.25, 0.3) is 0 Å². The maximum Gasteiger partial charge on any atom is 0.148 e. The van der Waals surface area contributed by atoms with E-state index in [9.17, 15) is 5.11 Å². The molecule has 0 spiro atoms. The number of rotatable bonds is 7. The average molecular weight is 326 g/mol. The quantitative estimate of drug-likeness (QED) is 0.757. The van der Waals surface area contributed by atoms with Crippen LogP contribution in [-0.2, 0) is 6.54 Å². The highest BCUT2D eigenvalue weighted by molar-refractivity contribution is 9.10. The second kappa shape index (κ2) is 8.21. The standard InChI is InChI=1S/C15H20BrNO2/c1-4-7-19-15-6-5-14(16)9-13(15)10-17-11(2)8-12(3)18/h1,5-6,9,11-12,17-18H,7-8,10H2,2-3H3. The Morgan fingerprint density at radius 2 is 2.21 bits per heavy atom. The van der Waals surface area contributed by atoms with Gasteiger partial charge in [0.1, 0.15) is 12.4 Å². The predicted molar refractivity (Wildman–Crippen MR) is 81.1 cm³/mol. The Morgan fingerprint density at radius 3 is 2.84 bits per heavy atom. The van der Waals surface area contributed by atoms with E-state index >= 15 is 0 Å². The number of benzene rings is 1. The molecule has 4 heteroatoms. The average Bonchev–Trinajstić information content (AvgIpc) is 2.34. The lowest BCUT2D eigenvalue weighted by molar-refractivity contribution is 0.170.